The van der Waals surface area contributed by atoms with E-state index in [9.17, 15) is 9.18 Å². The second kappa shape index (κ2) is 7.23. The molecule has 1 aliphatic rings. The molecule has 21 heavy (non-hydrogen) atoms. The molecule has 2 rings (SSSR count). The number of aliphatic carboxylic acids is 1. The van der Waals surface area contributed by atoms with Crippen LogP contribution in [0.25, 0.3) is 0 Å². The van der Waals surface area contributed by atoms with Gasteiger partial charge in [-0.25, -0.2) is 4.39 Å². The van der Waals surface area contributed by atoms with E-state index in [1.54, 1.807) is 12.1 Å². The number of benzene rings is 1. The van der Waals surface area contributed by atoms with Gasteiger partial charge in [-0.15, -0.1) is 0 Å². The van der Waals surface area contributed by atoms with E-state index >= 15 is 0 Å². The molecule has 1 fully saturated rings. The molecule has 0 aromatic heterocycles. The average Bonchev–Trinajstić information content (AvgIpc) is 2.43. The van der Waals surface area contributed by atoms with Gasteiger partial charge in [-0.3, -0.25) is 9.69 Å². The maximum Gasteiger partial charge on any atom is 0.307 e. The van der Waals surface area contributed by atoms with Crippen LogP contribution in [-0.4, -0.2) is 35.1 Å². The third-order valence-electron chi connectivity index (χ3n) is 4.29. The first-order valence-electron chi connectivity index (χ1n) is 7.38. The first-order chi connectivity index (χ1) is 9.99. The average molecular weight is 314 g/mol. The summed E-state index contributed by atoms with van der Waals surface area (Å²) in [5.41, 5.74) is 0.554. The standard InChI is InChI=1S/C16H21ClFNO2/c1-11-7-8-12(16(20)21)10-19(11)9-3-4-13-14(17)5-2-6-15(13)18/h2,5-6,11-12H,3-4,7-10H2,1H3,(H,20,21). The predicted molar refractivity (Wildman–Crippen MR) is 81.1 cm³/mol. The lowest BCUT2D eigenvalue weighted by Gasteiger charge is -2.36. The van der Waals surface area contributed by atoms with Crippen molar-refractivity contribution in [2.45, 2.75) is 38.6 Å². The Bertz CT molecular complexity index is 489. The smallest absolute Gasteiger partial charge is 0.307 e. The van der Waals surface area contributed by atoms with Crippen molar-refractivity contribution in [3.05, 3.63) is 34.6 Å². The van der Waals surface area contributed by atoms with Crippen molar-refractivity contribution >= 4 is 17.6 Å². The van der Waals surface area contributed by atoms with Crippen molar-refractivity contribution in [2.24, 2.45) is 5.92 Å². The summed E-state index contributed by atoms with van der Waals surface area (Å²) in [6.45, 7) is 3.48. The van der Waals surface area contributed by atoms with Crippen LogP contribution in [0.3, 0.4) is 0 Å². The Morgan fingerprint density at radius 1 is 1.48 bits per heavy atom. The topological polar surface area (TPSA) is 40.5 Å². The first kappa shape index (κ1) is 16.2. The molecule has 1 heterocycles. The molecule has 5 heteroatoms. The normalized spacial score (nSPS) is 23.2. The minimum absolute atomic E-state index is 0.266. The summed E-state index contributed by atoms with van der Waals surface area (Å²) in [4.78, 5) is 13.3. The maximum atomic E-state index is 13.7. The van der Waals surface area contributed by atoms with E-state index in [0.717, 1.165) is 25.8 Å². The van der Waals surface area contributed by atoms with Gasteiger partial charge in [-0.2, -0.15) is 0 Å². The molecule has 0 aliphatic carbocycles. The highest BCUT2D eigenvalue weighted by Gasteiger charge is 2.29. The summed E-state index contributed by atoms with van der Waals surface area (Å²) >= 11 is 6.01. The Morgan fingerprint density at radius 3 is 2.90 bits per heavy atom. The number of carbonyl (C=O) groups is 1. The van der Waals surface area contributed by atoms with Crippen LogP contribution in [0, 0.1) is 11.7 Å². The van der Waals surface area contributed by atoms with E-state index in [1.807, 2.05) is 0 Å². The summed E-state index contributed by atoms with van der Waals surface area (Å²) in [6, 6.07) is 5.11. The van der Waals surface area contributed by atoms with Gasteiger partial charge in [0.15, 0.2) is 0 Å². The van der Waals surface area contributed by atoms with E-state index < -0.39 is 5.97 Å². The maximum absolute atomic E-state index is 13.7. The van der Waals surface area contributed by atoms with Gasteiger partial charge in [0.05, 0.1) is 5.92 Å². The fraction of sp³-hybridized carbons (Fsp3) is 0.562. The molecular formula is C16H21ClFNO2. The Labute approximate surface area is 129 Å². The van der Waals surface area contributed by atoms with Crippen molar-refractivity contribution in [2.75, 3.05) is 13.1 Å². The number of likely N-dealkylation sites (tertiary alicyclic amines) is 1. The van der Waals surface area contributed by atoms with Crippen molar-refractivity contribution in [1.29, 1.82) is 0 Å². The van der Waals surface area contributed by atoms with Crippen molar-refractivity contribution < 1.29 is 14.3 Å². The summed E-state index contributed by atoms with van der Waals surface area (Å²) < 4.78 is 13.7. The quantitative estimate of drug-likeness (QED) is 0.903. The first-order valence-corrected chi connectivity index (χ1v) is 7.76. The van der Waals surface area contributed by atoms with Crippen LogP contribution >= 0.6 is 11.6 Å². The van der Waals surface area contributed by atoms with E-state index in [1.165, 1.54) is 6.07 Å². The van der Waals surface area contributed by atoms with Crippen LogP contribution < -0.4 is 0 Å². The van der Waals surface area contributed by atoms with Crippen LogP contribution in [0.1, 0.15) is 31.7 Å². The van der Waals surface area contributed by atoms with Crippen LogP contribution in [0.2, 0.25) is 5.02 Å². The fourth-order valence-electron chi connectivity index (χ4n) is 2.92. The van der Waals surface area contributed by atoms with E-state index in [2.05, 4.69) is 11.8 Å². The number of hydrogen-bond donors (Lipinski definition) is 1. The number of carboxylic acid groups (broad SMARTS) is 1. The molecule has 0 amide bonds. The largest absolute Gasteiger partial charge is 0.481 e. The lowest BCUT2D eigenvalue weighted by Crippen LogP contribution is -2.44. The molecule has 1 aliphatic heterocycles. The molecule has 1 aromatic carbocycles. The summed E-state index contributed by atoms with van der Waals surface area (Å²) in [6.07, 6.45) is 2.99. The zero-order valence-electron chi connectivity index (χ0n) is 12.2. The molecule has 1 saturated heterocycles. The molecule has 116 valence electrons. The van der Waals surface area contributed by atoms with E-state index in [-0.39, 0.29) is 11.7 Å². The molecule has 0 radical (unpaired) electrons. The summed E-state index contributed by atoms with van der Waals surface area (Å²) in [5.74, 6) is -1.26. The molecule has 1 N–H and O–H groups in total. The highest BCUT2D eigenvalue weighted by molar-refractivity contribution is 6.31. The zero-order valence-corrected chi connectivity index (χ0v) is 12.9. The highest BCUT2D eigenvalue weighted by Crippen LogP contribution is 2.24. The monoisotopic (exact) mass is 313 g/mol. The van der Waals surface area contributed by atoms with Gasteiger partial charge < -0.3 is 5.11 Å². The minimum Gasteiger partial charge on any atom is -0.481 e. The van der Waals surface area contributed by atoms with Crippen molar-refractivity contribution in [3.8, 4) is 0 Å². The number of nitrogens with zero attached hydrogens (tertiary/aromatic N) is 1. The highest BCUT2D eigenvalue weighted by atomic mass is 35.5. The molecular weight excluding hydrogens is 293 g/mol. The van der Waals surface area contributed by atoms with E-state index in [0.29, 0.717) is 29.6 Å². The second-order valence-corrected chi connectivity index (χ2v) is 6.17. The molecule has 3 nitrogen and oxygen atoms in total. The Kier molecular flexibility index (Phi) is 5.59. The lowest BCUT2D eigenvalue weighted by molar-refractivity contribution is -0.144. The number of halogens is 2. The van der Waals surface area contributed by atoms with Crippen LogP contribution in [0.15, 0.2) is 18.2 Å². The Morgan fingerprint density at radius 2 is 2.24 bits per heavy atom. The molecule has 0 bridgehead atoms. The summed E-state index contributed by atoms with van der Waals surface area (Å²) in [7, 11) is 0. The van der Waals surface area contributed by atoms with Crippen molar-refractivity contribution in [3.63, 3.8) is 0 Å². The zero-order chi connectivity index (χ0) is 15.4. The number of piperidine rings is 1. The van der Waals surface area contributed by atoms with Crippen molar-refractivity contribution in [1.82, 2.24) is 4.90 Å². The van der Waals surface area contributed by atoms with Crippen LogP contribution in [0.5, 0.6) is 0 Å². The third-order valence-corrected chi connectivity index (χ3v) is 4.65. The molecule has 0 spiro atoms. The molecule has 0 saturated carbocycles. The van der Waals surface area contributed by atoms with Gasteiger partial charge in [-0.1, -0.05) is 17.7 Å². The Balaban J connectivity index is 1.88. The predicted octanol–water partition coefficient (Wildman–Crippen LogP) is 3.60. The second-order valence-electron chi connectivity index (χ2n) is 5.76. The minimum atomic E-state index is -0.718. The van der Waals surface area contributed by atoms with Gasteiger partial charge >= 0.3 is 5.97 Å². The van der Waals surface area contributed by atoms with Crippen LogP contribution in [-0.2, 0) is 11.2 Å². The van der Waals surface area contributed by atoms with Gasteiger partial charge in [0, 0.05) is 23.2 Å². The Hall–Kier alpha value is -1.13. The molecule has 1 aromatic rings. The van der Waals surface area contributed by atoms with Gasteiger partial charge in [0.1, 0.15) is 5.82 Å². The number of rotatable bonds is 5. The van der Waals surface area contributed by atoms with Gasteiger partial charge in [0.2, 0.25) is 0 Å². The number of hydrogen-bond acceptors (Lipinski definition) is 2. The van der Waals surface area contributed by atoms with Crippen LogP contribution in [0.4, 0.5) is 4.39 Å². The van der Waals surface area contributed by atoms with Gasteiger partial charge in [0.25, 0.3) is 0 Å². The lowest BCUT2D eigenvalue weighted by atomic mass is 9.93. The SMILES string of the molecule is CC1CCC(C(=O)O)CN1CCCc1c(F)cccc1Cl. The third kappa shape index (κ3) is 4.17. The fourth-order valence-corrected chi connectivity index (χ4v) is 3.18. The molecule has 2 atom stereocenters. The number of carboxylic acids is 1. The summed E-state index contributed by atoms with van der Waals surface area (Å²) in [5, 5.41) is 9.59. The molecule has 2 unspecified atom stereocenters. The van der Waals surface area contributed by atoms with Gasteiger partial charge in [-0.05, 0) is 51.3 Å². The van der Waals surface area contributed by atoms with E-state index in [4.69, 9.17) is 16.7 Å².